The molecule has 0 saturated heterocycles. The second kappa shape index (κ2) is 9.61. The standard InChI is InChI=1S/C26H26N6OS/c1-32(2)20-12-10-17(11-13-20)15-29-31-25(33)18-6-5-7-19(14-18)30-24-23-21-8-3-4-9-22(21)34-26(23)28-16-27-24/h5-7,10-16H,3-4,8-9H2,1-2H3,(H,31,33)(H,27,28,30)/b29-15+. The van der Waals surface area contributed by atoms with E-state index in [1.165, 1.54) is 23.3 Å². The third-order valence-corrected chi connectivity index (χ3v) is 7.13. The van der Waals surface area contributed by atoms with Gasteiger partial charge >= 0.3 is 0 Å². The average Bonchev–Trinajstić information content (AvgIpc) is 3.24. The van der Waals surface area contributed by atoms with Crippen LogP contribution >= 0.6 is 11.3 Å². The van der Waals surface area contributed by atoms with Crippen molar-refractivity contribution >= 4 is 50.9 Å². The lowest BCUT2D eigenvalue weighted by atomic mass is 9.97. The largest absolute Gasteiger partial charge is 0.378 e. The fourth-order valence-corrected chi connectivity index (χ4v) is 5.38. The third kappa shape index (κ3) is 4.63. The number of nitrogens with one attached hydrogen (secondary N) is 2. The zero-order valence-corrected chi connectivity index (χ0v) is 20.0. The quantitative estimate of drug-likeness (QED) is 0.301. The highest BCUT2D eigenvalue weighted by Crippen LogP contribution is 2.38. The van der Waals surface area contributed by atoms with E-state index < -0.39 is 0 Å². The van der Waals surface area contributed by atoms with Crippen LogP contribution in [0.2, 0.25) is 0 Å². The summed E-state index contributed by atoms with van der Waals surface area (Å²) in [6.07, 6.45) is 7.85. The van der Waals surface area contributed by atoms with Crippen molar-refractivity contribution < 1.29 is 4.79 Å². The summed E-state index contributed by atoms with van der Waals surface area (Å²) in [6, 6.07) is 15.3. The van der Waals surface area contributed by atoms with Crippen molar-refractivity contribution in [3.63, 3.8) is 0 Å². The summed E-state index contributed by atoms with van der Waals surface area (Å²) < 4.78 is 0. The molecule has 34 heavy (non-hydrogen) atoms. The minimum atomic E-state index is -0.273. The number of thiophene rings is 1. The second-order valence-corrected chi connectivity index (χ2v) is 9.59. The van der Waals surface area contributed by atoms with Crippen molar-refractivity contribution in [1.29, 1.82) is 0 Å². The van der Waals surface area contributed by atoms with Crippen molar-refractivity contribution in [2.45, 2.75) is 25.7 Å². The highest BCUT2D eigenvalue weighted by Gasteiger charge is 2.20. The van der Waals surface area contributed by atoms with Crippen LogP contribution in [0.25, 0.3) is 10.2 Å². The number of amides is 1. The fraction of sp³-hybridized carbons (Fsp3) is 0.231. The molecule has 0 radical (unpaired) electrons. The summed E-state index contributed by atoms with van der Waals surface area (Å²) in [7, 11) is 3.99. The first-order chi connectivity index (χ1) is 16.6. The molecular formula is C26H26N6OS. The number of aromatic nitrogens is 2. The highest BCUT2D eigenvalue weighted by molar-refractivity contribution is 7.19. The SMILES string of the molecule is CN(C)c1ccc(/C=N/NC(=O)c2cccc(Nc3ncnc4sc5c(c34)CCCC5)c2)cc1. The first-order valence-electron chi connectivity index (χ1n) is 11.3. The molecule has 0 atom stereocenters. The Bertz CT molecular complexity index is 1360. The van der Waals surface area contributed by atoms with Gasteiger partial charge in [-0.3, -0.25) is 4.79 Å². The van der Waals surface area contributed by atoms with E-state index in [0.29, 0.717) is 5.56 Å². The van der Waals surface area contributed by atoms with Crippen molar-refractivity contribution in [1.82, 2.24) is 15.4 Å². The van der Waals surface area contributed by atoms with E-state index in [-0.39, 0.29) is 5.91 Å². The van der Waals surface area contributed by atoms with Crippen LogP contribution in [-0.2, 0) is 12.8 Å². The number of anilines is 3. The molecule has 1 amide bonds. The average molecular weight is 471 g/mol. The molecule has 1 aliphatic rings. The van der Waals surface area contributed by atoms with Crippen LogP contribution in [0.4, 0.5) is 17.2 Å². The minimum absolute atomic E-state index is 0.273. The van der Waals surface area contributed by atoms with Crippen molar-refractivity contribution in [3.8, 4) is 0 Å². The maximum absolute atomic E-state index is 12.7. The maximum Gasteiger partial charge on any atom is 0.271 e. The number of rotatable bonds is 6. The molecule has 0 saturated carbocycles. The number of hydrogen-bond donors (Lipinski definition) is 2. The molecule has 1 aliphatic carbocycles. The van der Waals surface area contributed by atoms with Gasteiger partial charge in [-0.25, -0.2) is 15.4 Å². The second-order valence-electron chi connectivity index (χ2n) is 8.50. The number of benzene rings is 2. The van der Waals surface area contributed by atoms with Crippen molar-refractivity contribution in [2.75, 3.05) is 24.3 Å². The van der Waals surface area contributed by atoms with Gasteiger partial charge < -0.3 is 10.2 Å². The smallest absolute Gasteiger partial charge is 0.271 e. The molecule has 2 aromatic heterocycles. The summed E-state index contributed by atoms with van der Waals surface area (Å²) in [6.45, 7) is 0. The molecule has 4 aromatic rings. The number of nitrogens with zero attached hydrogens (tertiary/aromatic N) is 4. The number of fused-ring (bicyclic) bond motifs is 3. The summed E-state index contributed by atoms with van der Waals surface area (Å²) in [4.78, 5) is 26.1. The summed E-state index contributed by atoms with van der Waals surface area (Å²) >= 11 is 1.77. The monoisotopic (exact) mass is 470 g/mol. The highest BCUT2D eigenvalue weighted by atomic mass is 32.1. The molecule has 2 aromatic carbocycles. The molecule has 172 valence electrons. The molecule has 2 N–H and O–H groups in total. The van der Waals surface area contributed by atoms with Gasteiger partial charge in [0.05, 0.1) is 11.6 Å². The van der Waals surface area contributed by atoms with Crippen molar-refractivity contribution in [3.05, 3.63) is 76.4 Å². The minimum Gasteiger partial charge on any atom is -0.378 e. The maximum atomic E-state index is 12.7. The van der Waals surface area contributed by atoms with Gasteiger partial charge in [-0.1, -0.05) is 18.2 Å². The van der Waals surface area contributed by atoms with Crippen LogP contribution in [0.3, 0.4) is 0 Å². The zero-order valence-electron chi connectivity index (χ0n) is 19.2. The lowest BCUT2D eigenvalue weighted by molar-refractivity contribution is 0.0955. The van der Waals surface area contributed by atoms with Gasteiger partial charge in [-0.05, 0) is 67.1 Å². The molecule has 0 unspecified atom stereocenters. The van der Waals surface area contributed by atoms with Crippen LogP contribution in [0.5, 0.6) is 0 Å². The number of hydrazone groups is 1. The Labute approximate surface area is 202 Å². The van der Waals surface area contributed by atoms with E-state index in [4.69, 9.17) is 0 Å². The normalized spacial score (nSPS) is 13.1. The van der Waals surface area contributed by atoms with Crippen LogP contribution in [-0.4, -0.2) is 36.2 Å². The van der Waals surface area contributed by atoms with Gasteiger partial charge in [0.2, 0.25) is 0 Å². The molecule has 0 bridgehead atoms. The molecule has 0 spiro atoms. The molecule has 0 aliphatic heterocycles. The Kier molecular flexibility index (Phi) is 6.22. The van der Waals surface area contributed by atoms with Gasteiger partial charge in [0.15, 0.2) is 0 Å². The fourth-order valence-electron chi connectivity index (χ4n) is 4.15. The zero-order chi connectivity index (χ0) is 23.5. The predicted octanol–water partition coefficient (Wildman–Crippen LogP) is 5.14. The topological polar surface area (TPSA) is 82.5 Å². The number of carbonyl (C=O) groups is 1. The summed E-state index contributed by atoms with van der Waals surface area (Å²) in [5.41, 5.74) is 7.31. The Morgan fingerprint density at radius 3 is 2.74 bits per heavy atom. The summed E-state index contributed by atoms with van der Waals surface area (Å²) in [5, 5.41) is 8.63. The Hall–Kier alpha value is -3.78. The van der Waals surface area contributed by atoms with E-state index in [2.05, 4.69) is 25.8 Å². The molecule has 2 heterocycles. The third-order valence-electron chi connectivity index (χ3n) is 5.93. The lowest BCUT2D eigenvalue weighted by Gasteiger charge is -2.13. The molecule has 5 rings (SSSR count). The Balaban J connectivity index is 1.30. The van der Waals surface area contributed by atoms with Gasteiger partial charge in [0, 0.05) is 35.9 Å². The van der Waals surface area contributed by atoms with Crippen molar-refractivity contribution in [2.24, 2.45) is 5.10 Å². The van der Waals surface area contributed by atoms with Gasteiger partial charge in [0.25, 0.3) is 5.91 Å². The van der Waals surface area contributed by atoms with Crippen LogP contribution in [0.1, 0.15) is 39.2 Å². The predicted molar refractivity (Wildman–Crippen MR) is 140 cm³/mol. The van der Waals surface area contributed by atoms with E-state index in [1.54, 1.807) is 29.9 Å². The first-order valence-corrected chi connectivity index (χ1v) is 12.1. The molecule has 8 heteroatoms. The van der Waals surface area contributed by atoms with Gasteiger partial charge in [0.1, 0.15) is 17.0 Å². The van der Waals surface area contributed by atoms with Crippen LogP contribution in [0, 0.1) is 0 Å². The molecule has 7 nitrogen and oxygen atoms in total. The van der Waals surface area contributed by atoms with E-state index in [9.17, 15) is 4.79 Å². The Morgan fingerprint density at radius 2 is 1.91 bits per heavy atom. The lowest BCUT2D eigenvalue weighted by Crippen LogP contribution is -2.17. The first kappa shape index (κ1) is 22.0. The summed E-state index contributed by atoms with van der Waals surface area (Å²) in [5.74, 6) is 0.520. The number of aryl methyl sites for hydroxylation is 2. The molecular weight excluding hydrogens is 444 g/mol. The van der Waals surface area contributed by atoms with Crippen LogP contribution < -0.4 is 15.6 Å². The molecule has 0 fully saturated rings. The number of carbonyl (C=O) groups excluding carboxylic acids is 1. The van der Waals surface area contributed by atoms with E-state index >= 15 is 0 Å². The Morgan fingerprint density at radius 1 is 1.09 bits per heavy atom. The van der Waals surface area contributed by atoms with Crippen LogP contribution in [0.15, 0.2) is 60.0 Å². The number of hydrogen-bond acceptors (Lipinski definition) is 7. The van der Waals surface area contributed by atoms with E-state index in [0.717, 1.165) is 45.8 Å². The van der Waals surface area contributed by atoms with Gasteiger partial charge in [-0.15, -0.1) is 11.3 Å². The van der Waals surface area contributed by atoms with Gasteiger partial charge in [-0.2, -0.15) is 5.10 Å². The van der Waals surface area contributed by atoms with E-state index in [1.807, 2.05) is 61.5 Å².